The smallest absolute Gasteiger partial charge is 0.241 e. The summed E-state index contributed by atoms with van der Waals surface area (Å²) in [5.41, 5.74) is 4.44. The zero-order valence-corrected chi connectivity index (χ0v) is 16.0. The SMILES string of the molecule is Cc1cc(C)c(C)c(S(=O)(=O)NCc2nccnc2-c2ccco2)c1C. The van der Waals surface area contributed by atoms with Crippen molar-refractivity contribution in [2.45, 2.75) is 39.1 Å². The van der Waals surface area contributed by atoms with Crippen LogP contribution in [0.4, 0.5) is 0 Å². The molecule has 0 bridgehead atoms. The minimum atomic E-state index is -3.70. The maximum absolute atomic E-state index is 13.0. The van der Waals surface area contributed by atoms with E-state index in [0.717, 1.165) is 22.3 Å². The molecule has 3 rings (SSSR count). The number of rotatable bonds is 5. The van der Waals surface area contributed by atoms with Crippen LogP contribution in [0.3, 0.4) is 0 Å². The van der Waals surface area contributed by atoms with Crippen LogP contribution in [0.5, 0.6) is 0 Å². The van der Waals surface area contributed by atoms with Crippen molar-refractivity contribution in [3.63, 3.8) is 0 Å². The molecule has 0 unspecified atom stereocenters. The van der Waals surface area contributed by atoms with Gasteiger partial charge in [0.15, 0.2) is 5.76 Å². The van der Waals surface area contributed by atoms with Crippen molar-refractivity contribution in [1.29, 1.82) is 0 Å². The summed E-state index contributed by atoms with van der Waals surface area (Å²) in [5, 5.41) is 0. The molecule has 1 aromatic carbocycles. The normalized spacial score (nSPS) is 11.7. The summed E-state index contributed by atoms with van der Waals surface area (Å²) < 4.78 is 34.0. The fourth-order valence-corrected chi connectivity index (χ4v) is 4.53. The number of hydrogen-bond acceptors (Lipinski definition) is 5. The summed E-state index contributed by atoms with van der Waals surface area (Å²) in [6.45, 7) is 7.51. The third-order valence-corrected chi connectivity index (χ3v) is 6.20. The zero-order valence-electron chi connectivity index (χ0n) is 15.2. The minimum absolute atomic E-state index is 0.0259. The summed E-state index contributed by atoms with van der Waals surface area (Å²) in [6.07, 6.45) is 4.62. The molecule has 0 aliphatic rings. The monoisotopic (exact) mass is 371 g/mol. The number of nitrogens with one attached hydrogen (secondary N) is 1. The van der Waals surface area contributed by atoms with Gasteiger partial charge in [0.05, 0.1) is 23.4 Å². The first kappa shape index (κ1) is 18.3. The van der Waals surface area contributed by atoms with Crippen LogP contribution in [0.25, 0.3) is 11.5 Å². The zero-order chi connectivity index (χ0) is 18.9. The molecule has 3 aromatic rings. The number of nitrogens with zero attached hydrogens (tertiary/aromatic N) is 2. The average molecular weight is 371 g/mol. The van der Waals surface area contributed by atoms with Crippen molar-refractivity contribution in [3.05, 3.63) is 64.8 Å². The van der Waals surface area contributed by atoms with Gasteiger partial charge >= 0.3 is 0 Å². The second kappa shape index (κ2) is 7.01. The molecule has 2 heterocycles. The van der Waals surface area contributed by atoms with Gasteiger partial charge in [-0.25, -0.2) is 18.1 Å². The van der Waals surface area contributed by atoms with Crippen LogP contribution in [0.15, 0.2) is 46.2 Å². The van der Waals surface area contributed by atoms with E-state index in [4.69, 9.17) is 4.42 Å². The van der Waals surface area contributed by atoms with Gasteiger partial charge in [0.25, 0.3) is 0 Å². The Morgan fingerprint density at radius 2 is 1.69 bits per heavy atom. The number of aromatic nitrogens is 2. The Kier molecular flexibility index (Phi) is 4.93. The number of furan rings is 1. The lowest BCUT2D eigenvalue weighted by Crippen LogP contribution is -2.26. The average Bonchev–Trinajstić information content (AvgIpc) is 3.13. The van der Waals surface area contributed by atoms with Crippen molar-refractivity contribution in [2.24, 2.45) is 0 Å². The fourth-order valence-electron chi connectivity index (χ4n) is 2.93. The van der Waals surface area contributed by atoms with Gasteiger partial charge in [-0.3, -0.25) is 4.98 Å². The first-order valence-electron chi connectivity index (χ1n) is 8.22. The molecular formula is C19H21N3O3S. The van der Waals surface area contributed by atoms with E-state index in [9.17, 15) is 8.42 Å². The molecule has 0 atom stereocenters. The highest BCUT2D eigenvalue weighted by molar-refractivity contribution is 7.89. The van der Waals surface area contributed by atoms with Crippen LogP contribution < -0.4 is 4.72 Å². The summed E-state index contributed by atoms with van der Waals surface area (Å²) in [4.78, 5) is 8.86. The fraction of sp³-hybridized carbons (Fsp3) is 0.263. The molecule has 0 saturated heterocycles. The predicted molar refractivity (Wildman–Crippen MR) is 99.1 cm³/mol. The molecule has 26 heavy (non-hydrogen) atoms. The molecule has 1 N–H and O–H groups in total. The van der Waals surface area contributed by atoms with Gasteiger partial charge in [0, 0.05) is 12.4 Å². The maximum Gasteiger partial charge on any atom is 0.241 e. The van der Waals surface area contributed by atoms with Gasteiger partial charge in [0.2, 0.25) is 10.0 Å². The Morgan fingerprint density at radius 3 is 2.31 bits per heavy atom. The highest BCUT2D eigenvalue weighted by atomic mass is 32.2. The van der Waals surface area contributed by atoms with Gasteiger partial charge in [-0.05, 0) is 62.1 Å². The molecule has 0 amide bonds. The van der Waals surface area contributed by atoms with Crippen LogP contribution >= 0.6 is 0 Å². The van der Waals surface area contributed by atoms with Gasteiger partial charge < -0.3 is 4.42 Å². The van der Waals surface area contributed by atoms with Crippen LogP contribution in [-0.4, -0.2) is 18.4 Å². The molecule has 0 spiro atoms. The van der Waals surface area contributed by atoms with Crippen molar-refractivity contribution in [3.8, 4) is 11.5 Å². The van der Waals surface area contributed by atoms with Gasteiger partial charge in [-0.1, -0.05) is 6.07 Å². The Balaban J connectivity index is 1.94. The van der Waals surface area contributed by atoms with Crippen molar-refractivity contribution < 1.29 is 12.8 Å². The first-order valence-corrected chi connectivity index (χ1v) is 9.70. The Labute approximate surface area is 153 Å². The highest BCUT2D eigenvalue weighted by Gasteiger charge is 2.23. The molecule has 0 saturated carbocycles. The Hall–Kier alpha value is -2.51. The van der Waals surface area contributed by atoms with Gasteiger partial charge in [0.1, 0.15) is 5.69 Å². The summed E-state index contributed by atoms with van der Waals surface area (Å²) in [5.74, 6) is 0.547. The highest BCUT2D eigenvalue weighted by Crippen LogP contribution is 2.26. The summed E-state index contributed by atoms with van der Waals surface area (Å²) in [7, 11) is -3.70. The van der Waals surface area contributed by atoms with Crippen molar-refractivity contribution in [1.82, 2.24) is 14.7 Å². The number of aryl methyl sites for hydroxylation is 2. The molecule has 0 radical (unpaired) electrons. The van der Waals surface area contributed by atoms with E-state index in [-0.39, 0.29) is 6.54 Å². The van der Waals surface area contributed by atoms with E-state index < -0.39 is 10.0 Å². The van der Waals surface area contributed by atoms with Gasteiger partial charge in [-0.2, -0.15) is 0 Å². The van der Waals surface area contributed by atoms with Crippen LogP contribution in [0, 0.1) is 27.7 Å². The topological polar surface area (TPSA) is 85.1 Å². The third-order valence-electron chi connectivity index (χ3n) is 4.52. The van der Waals surface area contributed by atoms with Gasteiger partial charge in [-0.15, -0.1) is 0 Å². The van der Waals surface area contributed by atoms with Crippen molar-refractivity contribution in [2.75, 3.05) is 0 Å². The Bertz CT molecular complexity index is 1020. The van der Waals surface area contributed by atoms with Crippen LogP contribution in [0.2, 0.25) is 0 Å². The summed E-state index contributed by atoms with van der Waals surface area (Å²) >= 11 is 0. The first-order chi connectivity index (χ1) is 12.3. The molecule has 0 fully saturated rings. The molecule has 0 aliphatic carbocycles. The number of sulfonamides is 1. The van der Waals surface area contributed by atoms with E-state index in [0.29, 0.717) is 22.0 Å². The summed E-state index contributed by atoms with van der Waals surface area (Å²) in [6, 6.07) is 5.52. The second-order valence-electron chi connectivity index (χ2n) is 6.24. The molecule has 7 heteroatoms. The van der Waals surface area contributed by atoms with Crippen LogP contribution in [-0.2, 0) is 16.6 Å². The molecule has 0 aliphatic heterocycles. The lowest BCUT2D eigenvalue weighted by Gasteiger charge is -2.16. The molecule has 6 nitrogen and oxygen atoms in total. The van der Waals surface area contributed by atoms with E-state index in [1.54, 1.807) is 24.6 Å². The predicted octanol–water partition coefficient (Wildman–Crippen LogP) is 3.45. The largest absolute Gasteiger partial charge is 0.463 e. The molecule has 2 aromatic heterocycles. The standard InChI is InChI=1S/C19H21N3O3S/c1-12-10-13(2)15(4)19(14(12)3)26(23,24)22-11-16-18(21-8-7-20-16)17-6-5-9-25-17/h5-10,22H,11H2,1-4H3. The van der Waals surface area contributed by atoms with E-state index in [2.05, 4.69) is 14.7 Å². The molecular weight excluding hydrogens is 350 g/mol. The number of benzene rings is 1. The lowest BCUT2D eigenvalue weighted by molar-refractivity contribution is 0.572. The van der Waals surface area contributed by atoms with E-state index in [1.165, 1.54) is 6.20 Å². The Morgan fingerprint density at radius 1 is 1.04 bits per heavy atom. The number of hydrogen-bond donors (Lipinski definition) is 1. The van der Waals surface area contributed by atoms with Crippen LogP contribution in [0.1, 0.15) is 27.9 Å². The van der Waals surface area contributed by atoms with Crippen molar-refractivity contribution >= 4 is 10.0 Å². The maximum atomic E-state index is 13.0. The molecule has 136 valence electrons. The quantitative estimate of drug-likeness (QED) is 0.742. The lowest BCUT2D eigenvalue weighted by atomic mass is 10.0. The third kappa shape index (κ3) is 3.40. The van der Waals surface area contributed by atoms with E-state index in [1.807, 2.05) is 33.8 Å². The minimum Gasteiger partial charge on any atom is -0.463 e. The second-order valence-corrected chi connectivity index (χ2v) is 7.95. The van der Waals surface area contributed by atoms with E-state index >= 15 is 0 Å².